The molecule has 0 unspecified atom stereocenters. The highest BCUT2D eigenvalue weighted by Crippen LogP contribution is 2.02. The summed E-state index contributed by atoms with van der Waals surface area (Å²) in [6, 6.07) is 0. The summed E-state index contributed by atoms with van der Waals surface area (Å²) < 4.78 is 9.43. The molecule has 0 spiro atoms. The van der Waals surface area contributed by atoms with Gasteiger partial charge in [-0.1, -0.05) is 0 Å². The van der Waals surface area contributed by atoms with E-state index in [1.807, 2.05) is 20.8 Å². The molecule has 12 heavy (non-hydrogen) atoms. The second-order valence-corrected chi connectivity index (χ2v) is 3.97. The predicted molar refractivity (Wildman–Crippen MR) is 50.1 cm³/mol. The van der Waals surface area contributed by atoms with Crippen LogP contribution < -0.4 is 0 Å². The minimum absolute atomic E-state index is 0.0417. The second kappa shape index (κ2) is 5.51. The van der Waals surface area contributed by atoms with Gasteiger partial charge in [-0.3, -0.25) is 0 Å². The van der Waals surface area contributed by atoms with Crippen molar-refractivity contribution < 1.29 is 14.6 Å². The Labute approximate surface area is 75.7 Å². The maximum absolute atomic E-state index is 8.60. The molecule has 76 valence electrons. The lowest BCUT2D eigenvalue weighted by Gasteiger charge is -2.14. The molecule has 0 aliphatic rings. The van der Waals surface area contributed by atoms with Crippen LogP contribution in [0.1, 0.15) is 34.6 Å². The van der Waals surface area contributed by atoms with Crippen LogP contribution in [0.4, 0.5) is 0 Å². The standard InChI is InChI=1S/C5H12O.C4H10O2/c1-5(2,3)6-4;1-4(2,5)6-3/h1-4H3;5H,1-3H3. The number of hydrogen-bond acceptors (Lipinski definition) is 3. The van der Waals surface area contributed by atoms with Gasteiger partial charge in [-0.2, -0.15) is 0 Å². The van der Waals surface area contributed by atoms with Crippen molar-refractivity contribution in [1.29, 1.82) is 0 Å². The van der Waals surface area contributed by atoms with Crippen molar-refractivity contribution in [2.24, 2.45) is 0 Å². The van der Waals surface area contributed by atoms with E-state index in [2.05, 4.69) is 4.74 Å². The second-order valence-electron chi connectivity index (χ2n) is 3.97. The summed E-state index contributed by atoms with van der Waals surface area (Å²) in [4.78, 5) is 0. The van der Waals surface area contributed by atoms with E-state index in [4.69, 9.17) is 9.84 Å². The van der Waals surface area contributed by atoms with E-state index >= 15 is 0 Å². The summed E-state index contributed by atoms with van der Waals surface area (Å²) >= 11 is 0. The molecule has 0 aliphatic heterocycles. The molecule has 0 amide bonds. The van der Waals surface area contributed by atoms with Crippen LogP contribution in [-0.4, -0.2) is 30.7 Å². The third kappa shape index (κ3) is 22.5. The monoisotopic (exact) mass is 178 g/mol. The van der Waals surface area contributed by atoms with Crippen molar-refractivity contribution >= 4 is 0 Å². The predicted octanol–water partition coefficient (Wildman–Crippen LogP) is 1.79. The Bertz CT molecular complexity index is 83.3. The van der Waals surface area contributed by atoms with Crippen LogP contribution in [0.5, 0.6) is 0 Å². The molecule has 0 bridgehead atoms. The average molecular weight is 178 g/mol. The summed E-state index contributed by atoms with van der Waals surface area (Å²) in [5.74, 6) is -0.958. The number of rotatable bonds is 1. The summed E-state index contributed by atoms with van der Waals surface area (Å²) in [7, 11) is 3.17. The van der Waals surface area contributed by atoms with Crippen LogP contribution in [0, 0.1) is 0 Å². The maximum atomic E-state index is 8.60. The molecule has 0 rings (SSSR count). The third-order valence-electron chi connectivity index (χ3n) is 1.11. The molecule has 0 fully saturated rings. The Kier molecular flexibility index (Phi) is 6.62. The fourth-order valence-corrected chi connectivity index (χ4v) is 0. The number of ether oxygens (including phenoxy) is 2. The van der Waals surface area contributed by atoms with Crippen LogP contribution in [-0.2, 0) is 9.47 Å². The molecule has 1 N–H and O–H groups in total. The first-order valence-electron chi connectivity index (χ1n) is 3.95. The van der Waals surface area contributed by atoms with E-state index in [0.717, 1.165) is 0 Å². The summed E-state index contributed by atoms with van der Waals surface area (Å²) in [5, 5.41) is 8.60. The fourth-order valence-electron chi connectivity index (χ4n) is 0. The quantitative estimate of drug-likeness (QED) is 0.622. The molecule has 0 aromatic heterocycles. The molecule has 0 aliphatic carbocycles. The van der Waals surface area contributed by atoms with E-state index in [1.54, 1.807) is 21.0 Å². The van der Waals surface area contributed by atoms with Gasteiger partial charge in [0.05, 0.1) is 5.60 Å². The largest absolute Gasteiger partial charge is 0.379 e. The zero-order chi connectivity index (χ0) is 10.4. The molecule has 3 heteroatoms. The summed E-state index contributed by atoms with van der Waals surface area (Å²) in [6.45, 7) is 9.22. The summed E-state index contributed by atoms with van der Waals surface area (Å²) in [6.07, 6.45) is 0. The first-order valence-corrected chi connectivity index (χ1v) is 3.95. The fraction of sp³-hybridized carbons (Fsp3) is 1.00. The van der Waals surface area contributed by atoms with Gasteiger partial charge in [0.2, 0.25) is 0 Å². The van der Waals surface area contributed by atoms with Gasteiger partial charge in [0.1, 0.15) is 0 Å². The summed E-state index contributed by atoms with van der Waals surface area (Å²) in [5.41, 5.74) is 0.0417. The Morgan fingerprint density at radius 3 is 1.00 bits per heavy atom. The molecular weight excluding hydrogens is 156 g/mol. The van der Waals surface area contributed by atoms with Crippen LogP contribution in [0.2, 0.25) is 0 Å². The third-order valence-corrected chi connectivity index (χ3v) is 1.11. The van der Waals surface area contributed by atoms with Crippen molar-refractivity contribution in [3.8, 4) is 0 Å². The first-order chi connectivity index (χ1) is 5.12. The van der Waals surface area contributed by atoms with Gasteiger partial charge in [0.25, 0.3) is 0 Å². The maximum Gasteiger partial charge on any atom is 0.159 e. The lowest BCUT2D eigenvalue weighted by atomic mass is 10.2. The highest BCUT2D eigenvalue weighted by atomic mass is 16.6. The Balaban J connectivity index is 0. The zero-order valence-corrected chi connectivity index (χ0v) is 9.26. The molecule has 3 nitrogen and oxygen atoms in total. The van der Waals surface area contributed by atoms with Gasteiger partial charge in [-0.25, -0.2) is 0 Å². The van der Waals surface area contributed by atoms with Crippen molar-refractivity contribution in [3.63, 3.8) is 0 Å². The molecule has 0 heterocycles. The minimum Gasteiger partial charge on any atom is -0.379 e. The SMILES string of the molecule is COC(C)(C)C.COC(C)(C)O. The normalized spacial score (nSPS) is 12.0. The van der Waals surface area contributed by atoms with E-state index in [9.17, 15) is 0 Å². The van der Waals surface area contributed by atoms with Crippen molar-refractivity contribution in [2.75, 3.05) is 14.2 Å². The van der Waals surface area contributed by atoms with Crippen LogP contribution in [0.3, 0.4) is 0 Å². The lowest BCUT2D eigenvalue weighted by molar-refractivity contribution is -0.155. The minimum atomic E-state index is -0.958. The van der Waals surface area contributed by atoms with E-state index in [-0.39, 0.29) is 5.60 Å². The average Bonchev–Trinajstić information content (AvgIpc) is 1.86. The number of hydrogen-bond donors (Lipinski definition) is 1. The molecule has 0 radical (unpaired) electrons. The molecule has 0 atom stereocenters. The number of aliphatic hydroxyl groups is 1. The van der Waals surface area contributed by atoms with Gasteiger partial charge in [-0.05, 0) is 34.6 Å². The first kappa shape index (κ1) is 14.4. The molecule has 0 aromatic rings. The molecule has 0 saturated heterocycles. The highest BCUT2D eigenvalue weighted by Gasteiger charge is 2.06. The topological polar surface area (TPSA) is 38.7 Å². The molecule has 0 aromatic carbocycles. The van der Waals surface area contributed by atoms with Crippen LogP contribution in [0.15, 0.2) is 0 Å². The Hall–Kier alpha value is -0.120. The van der Waals surface area contributed by atoms with E-state index < -0.39 is 5.79 Å². The van der Waals surface area contributed by atoms with Gasteiger partial charge in [0, 0.05) is 14.2 Å². The van der Waals surface area contributed by atoms with E-state index in [1.165, 1.54) is 7.11 Å². The smallest absolute Gasteiger partial charge is 0.159 e. The Morgan fingerprint density at radius 2 is 1.00 bits per heavy atom. The van der Waals surface area contributed by atoms with Gasteiger partial charge >= 0.3 is 0 Å². The van der Waals surface area contributed by atoms with Crippen LogP contribution >= 0.6 is 0 Å². The molecular formula is C9H22O3. The van der Waals surface area contributed by atoms with Gasteiger partial charge in [-0.15, -0.1) is 0 Å². The van der Waals surface area contributed by atoms with E-state index in [0.29, 0.717) is 0 Å². The van der Waals surface area contributed by atoms with Crippen molar-refractivity contribution in [3.05, 3.63) is 0 Å². The Morgan fingerprint density at radius 1 is 0.833 bits per heavy atom. The lowest BCUT2D eigenvalue weighted by Crippen LogP contribution is -2.20. The van der Waals surface area contributed by atoms with Gasteiger partial charge in [0.15, 0.2) is 5.79 Å². The van der Waals surface area contributed by atoms with Crippen LogP contribution in [0.25, 0.3) is 0 Å². The molecule has 0 saturated carbocycles. The van der Waals surface area contributed by atoms with Gasteiger partial charge < -0.3 is 14.6 Å². The number of methoxy groups -OCH3 is 2. The van der Waals surface area contributed by atoms with Crippen molar-refractivity contribution in [2.45, 2.75) is 46.0 Å². The zero-order valence-electron chi connectivity index (χ0n) is 9.26. The highest BCUT2D eigenvalue weighted by molar-refractivity contribution is 4.55. The van der Waals surface area contributed by atoms with Crippen molar-refractivity contribution in [1.82, 2.24) is 0 Å².